The standard InChI is InChI=1S/C28H28FN5O2/c1-19-30-24-8-6-21(17-25(24)31-19)20-7-9-27-22(16-20)18-34(14-15-36-27)28(35)33-12-10-32(11-13-33)26-5-3-2-4-23(26)29/h2-9,16-17H,10-15,18H2,1H3,(H,30,31). The first-order valence-corrected chi connectivity index (χ1v) is 12.3. The molecule has 0 radical (unpaired) electrons. The SMILES string of the molecule is Cc1nc2ccc(-c3ccc4c(c3)CN(C(=O)N3CCN(c5ccccc5F)CC3)CCO4)cc2[nH]1. The molecule has 36 heavy (non-hydrogen) atoms. The van der Waals surface area contributed by atoms with E-state index in [9.17, 15) is 9.18 Å². The zero-order valence-corrected chi connectivity index (χ0v) is 20.2. The fraction of sp³-hybridized carbons (Fsp3) is 0.286. The number of carbonyl (C=O) groups excluding carboxylic acids is 1. The van der Waals surface area contributed by atoms with Gasteiger partial charge in [-0.15, -0.1) is 0 Å². The van der Waals surface area contributed by atoms with Crippen molar-refractivity contribution in [3.8, 4) is 16.9 Å². The lowest BCUT2D eigenvalue weighted by molar-refractivity contribution is 0.143. The topological polar surface area (TPSA) is 64.7 Å². The Labute approximate surface area is 209 Å². The summed E-state index contributed by atoms with van der Waals surface area (Å²) in [5, 5.41) is 0. The molecule has 3 aromatic carbocycles. The highest BCUT2D eigenvalue weighted by Crippen LogP contribution is 2.31. The number of imidazole rings is 1. The van der Waals surface area contributed by atoms with E-state index in [-0.39, 0.29) is 11.8 Å². The van der Waals surface area contributed by atoms with Crippen LogP contribution in [0.5, 0.6) is 5.75 Å². The zero-order chi connectivity index (χ0) is 24.6. The van der Waals surface area contributed by atoms with Crippen molar-refractivity contribution in [2.75, 3.05) is 44.2 Å². The fourth-order valence-corrected chi connectivity index (χ4v) is 5.10. The average Bonchev–Trinajstić information content (AvgIpc) is 3.14. The van der Waals surface area contributed by atoms with Crippen LogP contribution in [-0.2, 0) is 6.54 Å². The van der Waals surface area contributed by atoms with Gasteiger partial charge in [-0.1, -0.05) is 24.3 Å². The minimum atomic E-state index is -0.226. The number of aryl methyl sites for hydroxylation is 1. The Bertz CT molecular complexity index is 1430. The van der Waals surface area contributed by atoms with Crippen molar-refractivity contribution in [1.29, 1.82) is 0 Å². The molecule has 184 valence electrons. The van der Waals surface area contributed by atoms with E-state index < -0.39 is 0 Å². The van der Waals surface area contributed by atoms with Gasteiger partial charge in [-0.3, -0.25) is 0 Å². The molecule has 1 N–H and O–H groups in total. The molecule has 6 rings (SSSR count). The molecule has 1 aromatic heterocycles. The van der Waals surface area contributed by atoms with E-state index in [1.165, 1.54) is 6.07 Å². The highest BCUT2D eigenvalue weighted by atomic mass is 19.1. The number of hydrogen-bond acceptors (Lipinski definition) is 4. The third kappa shape index (κ3) is 4.23. The molecule has 0 unspecified atom stereocenters. The van der Waals surface area contributed by atoms with Crippen LogP contribution in [0.2, 0.25) is 0 Å². The molecular weight excluding hydrogens is 457 g/mol. The van der Waals surface area contributed by atoms with Gasteiger partial charge in [0.25, 0.3) is 0 Å². The van der Waals surface area contributed by atoms with Crippen molar-refractivity contribution >= 4 is 22.8 Å². The molecule has 2 aliphatic heterocycles. The summed E-state index contributed by atoms with van der Waals surface area (Å²) in [6.45, 7) is 5.73. The number of nitrogens with one attached hydrogen (secondary N) is 1. The van der Waals surface area contributed by atoms with E-state index in [0.29, 0.717) is 51.6 Å². The number of carbonyl (C=O) groups is 1. The molecule has 0 aliphatic carbocycles. The van der Waals surface area contributed by atoms with Crippen molar-refractivity contribution < 1.29 is 13.9 Å². The third-order valence-electron chi connectivity index (χ3n) is 6.99. The molecule has 1 saturated heterocycles. The van der Waals surface area contributed by atoms with Gasteiger partial charge in [0.1, 0.15) is 24.0 Å². The van der Waals surface area contributed by atoms with E-state index in [1.54, 1.807) is 12.1 Å². The van der Waals surface area contributed by atoms with Crippen LogP contribution in [0, 0.1) is 12.7 Å². The summed E-state index contributed by atoms with van der Waals surface area (Å²) in [5.41, 5.74) is 5.69. The molecule has 4 aromatic rings. The van der Waals surface area contributed by atoms with Gasteiger partial charge in [-0.05, 0) is 54.4 Å². The van der Waals surface area contributed by atoms with Gasteiger partial charge >= 0.3 is 6.03 Å². The number of benzene rings is 3. The van der Waals surface area contributed by atoms with Crippen molar-refractivity contribution in [2.24, 2.45) is 0 Å². The van der Waals surface area contributed by atoms with Crippen LogP contribution in [0.15, 0.2) is 60.7 Å². The Morgan fingerprint density at radius 2 is 1.72 bits per heavy atom. The van der Waals surface area contributed by atoms with Crippen molar-refractivity contribution in [3.05, 3.63) is 77.9 Å². The number of aromatic nitrogens is 2. The summed E-state index contributed by atoms with van der Waals surface area (Å²) in [7, 11) is 0. The molecule has 8 heteroatoms. The summed E-state index contributed by atoms with van der Waals surface area (Å²) in [4.78, 5) is 26.9. The van der Waals surface area contributed by atoms with Crippen LogP contribution in [0.1, 0.15) is 11.4 Å². The van der Waals surface area contributed by atoms with Crippen molar-refractivity contribution in [2.45, 2.75) is 13.5 Å². The van der Waals surface area contributed by atoms with Gasteiger partial charge < -0.3 is 24.4 Å². The van der Waals surface area contributed by atoms with Gasteiger partial charge in [0.15, 0.2) is 0 Å². The monoisotopic (exact) mass is 485 g/mol. The highest BCUT2D eigenvalue weighted by molar-refractivity contribution is 5.82. The number of fused-ring (bicyclic) bond motifs is 2. The maximum absolute atomic E-state index is 14.2. The number of hydrogen-bond donors (Lipinski definition) is 1. The Morgan fingerprint density at radius 3 is 2.56 bits per heavy atom. The second kappa shape index (κ2) is 9.18. The molecule has 2 amide bonds. The zero-order valence-electron chi connectivity index (χ0n) is 20.2. The molecule has 2 aliphatic rings. The fourth-order valence-electron chi connectivity index (χ4n) is 5.10. The number of urea groups is 1. The number of nitrogens with zero attached hydrogens (tertiary/aromatic N) is 4. The van der Waals surface area contributed by atoms with Crippen LogP contribution in [-0.4, -0.2) is 65.1 Å². The van der Waals surface area contributed by atoms with Gasteiger partial charge in [-0.2, -0.15) is 0 Å². The summed E-state index contributed by atoms with van der Waals surface area (Å²) >= 11 is 0. The predicted octanol–water partition coefficient (Wildman–Crippen LogP) is 4.81. The summed E-state index contributed by atoms with van der Waals surface area (Å²) in [6.07, 6.45) is 0. The second-order valence-electron chi connectivity index (χ2n) is 9.35. The number of halogens is 1. The van der Waals surface area contributed by atoms with E-state index in [2.05, 4.69) is 34.2 Å². The molecule has 0 saturated carbocycles. The first-order valence-electron chi connectivity index (χ1n) is 12.3. The number of para-hydroxylation sites is 1. The molecular formula is C28H28FN5O2. The summed E-state index contributed by atoms with van der Waals surface area (Å²) < 4.78 is 20.2. The molecule has 1 fully saturated rings. The minimum Gasteiger partial charge on any atom is -0.491 e. The molecule has 3 heterocycles. The molecule has 0 bridgehead atoms. The number of amides is 2. The maximum atomic E-state index is 14.2. The number of anilines is 1. The van der Waals surface area contributed by atoms with Gasteiger partial charge in [0.2, 0.25) is 0 Å². The number of rotatable bonds is 2. The average molecular weight is 486 g/mol. The van der Waals surface area contributed by atoms with Crippen LogP contribution in [0.4, 0.5) is 14.9 Å². The number of H-pyrrole nitrogens is 1. The van der Waals surface area contributed by atoms with E-state index in [1.807, 2.05) is 39.8 Å². The van der Waals surface area contributed by atoms with E-state index >= 15 is 0 Å². The van der Waals surface area contributed by atoms with E-state index in [4.69, 9.17) is 4.74 Å². The largest absolute Gasteiger partial charge is 0.491 e. The number of ether oxygens (including phenoxy) is 1. The number of aromatic amines is 1. The Morgan fingerprint density at radius 1 is 0.944 bits per heavy atom. The van der Waals surface area contributed by atoms with Crippen molar-refractivity contribution in [1.82, 2.24) is 19.8 Å². The first kappa shape index (κ1) is 22.4. The van der Waals surface area contributed by atoms with Crippen LogP contribution in [0.25, 0.3) is 22.2 Å². The third-order valence-corrected chi connectivity index (χ3v) is 6.99. The highest BCUT2D eigenvalue weighted by Gasteiger charge is 2.28. The molecule has 0 atom stereocenters. The van der Waals surface area contributed by atoms with Gasteiger partial charge in [0, 0.05) is 31.7 Å². The first-order chi connectivity index (χ1) is 17.5. The smallest absolute Gasteiger partial charge is 0.320 e. The number of piperazine rings is 1. The maximum Gasteiger partial charge on any atom is 0.320 e. The minimum absolute atomic E-state index is 0.000564. The van der Waals surface area contributed by atoms with Crippen LogP contribution in [0.3, 0.4) is 0 Å². The van der Waals surface area contributed by atoms with Crippen molar-refractivity contribution in [3.63, 3.8) is 0 Å². The second-order valence-corrected chi connectivity index (χ2v) is 9.35. The quantitative estimate of drug-likeness (QED) is 0.443. The molecule has 0 spiro atoms. The van der Waals surface area contributed by atoms with Crippen LogP contribution < -0.4 is 9.64 Å². The lowest BCUT2D eigenvalue weighted by Crippen LogP contribution is -2.53. The summed E-state index contributed by atoms with van der Waals surface area (Å²) in [6, 6.07) is 19.2. The predicted molar refractivity (Wildman–Crippen MR) is 138 cm³/mol. The normalized spacial score (nSPS) is 16.0. The Kier molecular flexibility index (Phi) is 5.71. The van der Waals surface area contributed by atoms with Gasteiger partial charge in [0.05, 0.1) is 29.8 Å². The van der Waals surface area contributed by atoms with E-state index in [0.717, 1.165) is 39.3 Å². The Hall–Kier alpha value is -4.07. The Balaban J connectivity index is 1.18. The van der Waals surface area contributed by atoms with Gasteiger partial charge in [-0.25, -0.2) is 14.2 Å². The summed E-state index contributed by atoms with van der Waals surface area (Å²) in [5.74, 6) is 1.48. The lowest BCUT2D eigenvalue weighted by atomic mass is 10.0. The molecule has 7 nitrogen and oxygen atoms in total. The lowest BCUT2D eigenvalue weighted by Gasteiger charge is -2.38. The van der Waals surface area contributed by atoms with Crippen LogP contribution >= 0.6 is 0 Å².